The summed E-state index contributed by atoms with van der Waals surface area (Å²) in [4.78, 5) is 190. The highest BCUT2D eigenvalue weighted by Crippen LogP contribution is 2.30. The van der Waals surface area contributed by atoms with Crippen LogP contribution in [-0.2, 0) is 57.5 Å². The van der Waals surface area contributed by atoms with Gasteiger partial charge in [-0.2, -0.15) is 0 Å². The fraction of sp³-hybridized carbons (Fsp3) is 0.806. The monoisotopic (exact) mass is 1350 g/mol. The van der Waals surface area contributed by atoms with E-state index in [4.69, 9.17) is 4.74 Å². The van der Waals surface area contributed by atoms with Crippen molar-refractivity contribution in [3.05, 3.63) is 12.2 Å². The molecule has 0 bridgehead atoms. The normalized spacial score (nSPS) is 27.6. The first kappa shape index (κ1) is 85.8. The van der Waals surface area contributed by atoms with E-state index in [1.807, 2.05) is 48.5 Å². The smallest absolute Gasteiger partial charge is 0.409 e. The molecule has 9 amide bonds. The molecule has 0 aliphatic carbocycles. The van der Waals surface area contributed by atoms with Gasteiger partial charge in [0, 0.05) is 118 Å². The topological polar surface area (TPSA) is 275 Å². The fourth-order valence-electron chi connectivity index (χ4n) is 13.2. The van der Waals surface area contributed by atoms with Crippen LogP contribution in [0.5, 0.6) is 0 Å². The minimum Gasteiger partial charge on any atom is -0.449 e. The van der Waals surface area contributed by atoms with E-state index in [-0.39, 0.29) is 68.7 Å². The molecule has 2 N–H and O–H groups in total. The van der Waals surface area contributed by atoms with Gasteiger partial charge < -0.3 is 59.3 Å². The van der Waals surface area contributed by atoms with Gasteiger partial charge in [0.25, 0.3) is 0 Å². The molecule has 2 rings (SSSR count). The zero-order valence-electron chi connectivity index (χ0n) is 63.3. The van der Waals surface area contributed by atoms with Gasteiger partial charge >= 0.3 is 6.09 Å². The fourth-order valence-corrected chi connectivity index (χ4v) is 13.2. The number of hydrogen-bond acceptors (Lipinski definition) is 15. The van der Waals surface area contributed by atoms with Crippen molar-refractivity contribution in [1.82, 2.24) is 49.4 Å². The molecule has 2 saturated heterocycles. The maximum atomic E-state index is 15.3. The second kappa shape index (κ2) is 39.3. The van der Waals surface area contributed by atoms with Gasteiger partial charge in [-0.15, -0.1) is 0 Å². The molecule has 0 radical (unpaired) electrons. The summed E-state index contributed by atoms with van der Waals surface area (Å²) in [5.74, 6) is -12.5. The Morgan fingerprint density at radius 1 is 0.521 bits per heavy atom. The quantitative estimate of drug-likeness (QED) is 0.151. The van der Waals surface area contributed by atoms with E-state index in [1.165, 1.54) is 80.8 Å². The highest BCUT2D eigenvalue weighted by atomic mass is 16.6. The summed E-state index contributed by atoms with van der Waals surface area (Å²) in [6.45, 7) is 34.4. The second-order valence-corrected chi connectivity index (χ2v) is 29.7. The first-order valence-corrected chi connectivity index (χ1v) is 35.2. The first-order valence-electron chi connectivity index (χ1n) is 35.2. The van der Waals surface area contributed by atoms with Crippen molar-refractivity contribution in [1.29, 1.82) is 0 Å². The van der Waals surface area contributed by atoms with Crippen molar-refractivity contribution >= 4 is 70.7 Å². The van der Waals surface area contributed by atoms with E-state index in [0.29, 0.717) is 32.6 Å². The summed E-state index contributed by atoms with van der Waals surface area (Å²) in [6, 6.07) is -10.2. The number of Topliss-reactive ketones (excluding diaryl/α,β-unsaturated/α-hetero) is 3. The van der Waals surface area contributed by atoms with E-state index in [1.54, 1.807) is 86.3 Å². The number of hydrogen-bond donors (Lipinski definition) is 2. The Morgan fingerprint density at radius 3 is 1.47 bits per heavy atom. The first-order chi connectivity index (χ1) is 44.6. The number of ketones is 3. The molecule has 2 heterocycles. The number of amides is 9. The molecule has 0 aromatic heterocycles. The lowest BCUT2D eigenvalue weighted by atomic mass is 9.83. The van der Waals surface area contributed by atoms with Crippen molar-refractivity contribution in [2.24, 2.45) is 59.2 Å². The van der Waals surface area contributed by atoms with Gasteiger partial charge in [-0.25, -0.2) is 4.79 Å². The second-order valence-electron chi connectivity index (χ2n) is 29.7. The third-order valence-electron chi connectivity index (χ3n) is 19.8. The van der Waals surface area contributed by atoms with Crippen molar-refractivity contribution in [2.45, 2.75) is 230 Å². The average Bonchev–Trinajstić information content (AvgIpc) is 0.815. The Kier molecular flexibility index (Phi) is 35.1. The number of nitrogens with zero attached hydrogens (tertiary/aromatic N) is 9. The number of ether oxygens (including phenoxy) is 1. The maximum absolute atomic E-state index is 15.3. The summed E-state index contributed by atoms with van der Waals surface area (Å²) in [5, 5.41) is 15.0. The van der Waals surface area contributed by atoms with Crippen LogP contribution in [0.4, 0.5) is 4.79 Å². The molecule has 0 spiro atoms. The van der Waals surface area contributed by atoms with E-state index in [9.17, 15) is 29.1 Å². The van der Waals surface area contributed by atoms with Crippen molar-refractivity contribution in [3.63, 3.8) is 0 Å². The molecule has 96 heavy (non-hydrogen) atoms. The lowest BCUT2D eigenvalue weighted by Gasteiger charge is -2.41. The van der Waals surface area contributed by atoms with E-state index in [0.717, 1.165) is 16.3 Å². The molecule has 0 unspecified atom stereocenters. The molecule has 0 aromatic rings. The Balaban J connectivity index is 3.05. The van der Waals surface area contributed by atoms with Crippen molar-refractivity contribution < 1.29 is 67.4 Å². The minimum absolute atomic E-state index is 0.0204. The van der Waals surface area contributed by atoms with E-state index >= 15 is 33.6 Å². The van der Waals surface area contributed by atoms with Gasteiger partial charge in [-0.1, -0.05) is 123 Å². The molecule has 2 fully saturated rings. The van der Waals surface area contributed by atoms with Crippen LogP contribution in [0.3, 0.4) is 0 Å². The summed E-state index contributed by atoms with van der Waals surface area (Å²) in [6.07, 6.45) is 1.32. The summed E-state index contributed by atoms with van der Waals surface area (Å²) in [7, 11) is 10.0. The number of allylic oxidation sites excluding steroid dienone is 2. The average molecular weight is 1360 g/mol. The number of carbonyl (C=O) groups is 12. The molecule has 548 valence electrons. The molecule has 2 aliphatic rings. The largest absolute Gasteiger partial charge is 0.449 e. The molecule has 24 nitrogen and oxygen atoms in total. The summed E-state index contributed by atoms with van der Waals surface area (Å²) in [5.41, 5.74) is 0. The van der Waals surface area contributed by atoms with Gasteiger partial charge in [0.05, 0.1) is 24.8 Å². The van der Waals surface area contributed by atoms with Gasteiger partial charge in [-0.3, -0.25) is 52.7 Å². The Bertz CT molecular complexity index is 2670. The zero-order chi connectivity index (χ0) is 73.8. The van der Waals surface area contributed by atoms with Crippen LogP contribution in [-0.4, -0.2) is 263 Å². The lowest BCUT2D eigenvalue weighted by Crippen LogP contribution is -2.63. The number of carbonyl (C=O) groups excluding carboxylic acids is 12. The molecule has 2 aliphatic heterocycles. The van der Waals surface area contributed by atoms with Gasteiger partial charge in [0.2, 0.25) is 47.3 Å². The Morgan fingerprint density at radius 2 is 0.990 bits per heavy atom. The molecular formula is C72H126N10O14. The summed E-state index contributed by atoms with van der Waals surface area (Å²) < 4.78 is 5.87. The lowest BCUT2D eigenvalue weighted by molar-refractivity contribution is -0.157. The minimum atomic E-state index is -1.65. The van der Waals surface area contributed by atoms with Crippen LogP contribution in [0.1, 0.15) is 176 Å². The van der Waals surface area contributed by atoms with Crippen LogP contribution >= 0.6 is 0 Å². The van der Waals surface area contributed by atoms with Gasteiger partial charge in [0.1, 0.15) is 42.0 Å². The highest BCUT2D eigenvalue weighted by Gasteiger charge is 2.47. The van der Waals surface area contributed by atoms with Crippen LogP contribution < -0.4 is 5.32 Å². The van der Waals surface area contributed by atoms with Crippen LogP contribution in [0.25, 0.3) is 0 Å². The maximum Gasteiger partial charge on any atom is 0.409 e. The predicted molar refractivity (Wildman–Crippen MR) is 371 cm³/mol. The van der Waals surface area contributed by atoms with Gasteiger partial charge in [-0.05, 0) is 88.0 Å². The number of rotatable bonds is 17. The number of aliphatic hydroxyl groups excluding tert-OH is 1. The van der Waals surface area contributed by atoms with E-state index < -0.39 is 167 Å². The van der Waals surface area contributed by atoms with Crippen molar-refractivity contribution in [3.8, 4) is 0 Å². The third kappa shape index (κ3) is 23.2. The molecule has 24 heteroatoms. The van der Waals surface area contributed by atoms with Crippen molar-refractivity contribution in [2.75, 3.05) is 88.7 Å². The van der Waals surface area contributed by atoms with E-state index in [2.05, 4.69) is 10.2 Å². The van der Waals surface area contributed by atoms with Crippen LogP contribution in [0.15, 0.2) is 12.2 Å². The number of aliphatic hydroxyl groups is 1. The highest BCUT2D eigenvalue weighted by molar-refractivity contribution is 6.00. The number of likely N-dealkylation sites (N-methyl/N-ethyl adjacent to an activating group) is 8. The molecule has 0 aromatic carbocycles. The standard InChI is InChI=1S/C72H126N10O14/c1-26-29-30-47(14)63(86)62-64(87)73-53(27-2)68(91)74(19)51(18)66(89)79(24)61(50(17)41-96-72(95)82-33-31-81(28-3)32-34-82)59(85)40-52(45(10)11)67(90)75(20)54(35-42(4)5)58(84)38-48(15)57(83)39-49(16)65(88)76(21)55(36-43(6)7)69(92)77(22)56(37-44(8)9)70(93)78(23)60(46(12)13)71(94)80(62)25/h26,29,42-56,60-63,86H,27-28,30-41H2,1-25H3,(H,73,87)/b29-26+/t47-,48-,49+,50-,51-,52+,53+,54+,55+,56+,60+,61+,62+,63-/m1/s1. The number of piperazine rings is 1. The van der Waals surface area contributed by atoms with Crippen LogP contribution in [0.2, 0.25) is 0 Å². The Labute approximate surface area is 575 Å². The summed E-state index contributed by atoms with van der Waals surface area (Å²) >= 11 is 0. The van der Waals surface area contributed by atoms with Crippen LogP contribution in [0, 0.1) is 59.2 Å². The molecule has 14 atom stereocenters. The zero-order valence-corrected chi connectivity index (χ0v) is 63.3. The Hall–Kier alpha value is -6.30. The van der Waals surface area contributed by atoms with Gasteiger partial charge in [0.15, 0.2) is 11.6 Å². The third-order valence-corrected chi connectivity index (χ3v) is 19.8. The molecular weight excluding hydrogens is 1230 g/mol. The predicted octanol–water partition coefficient (Wildman–Crippen LogP) is 6.29. The SMILES string of the molecule is C/C=C/C[C@@H](C)[C@@H](O)[C@H]1C(=O)N[C@@H](CC)C(=O)N(C)[C@H](C)C(=O)N(C)[C@@H]([C@H](C)COC(=O)N2CCN(CC)CC2)C(=O)C[C@@H](C(C)C)C(=O)N(C)[C@@H](CC(C)C)C(=O)C[C@@H](C)C(=O)C[C@H](C)C(=O)N(C)[C@@H](CC(C)C)C(=O)N(C)[C@@H](CC(C)C)C(=O)N(C)[C@@H](C(C)C)C(=O)N1C. The number of nitrogens with one attached hydrogen (secondary N) is 1. The molecule has 0 saturated carbocycles.